The van der Waals surface area contributed by atoms with E-state index in [0.717, 1.165) is 12.0 Å². The number of amides is 2. The van der Waals surface area contributed by atoms with Crippen LogP contribution >= 0.6 is 0 Å². The van der Waals surface area contributed by atoms with Crippen molar-refractivity contribution in [1.29, 1.82) is 0 Å². The molecule has 6 nitrogen and oxygen atoms in total. The second kappa shape index (κ2) is 4.71. The molecule has 22 heavy (non-hydrogen) atoms. The van der Waals surface area contributed by atoms with Crippen LogP contribution in [0.2, 0.25) is 0 Å². The number of hydrogen-bond donors (Lipinski definition) is 2. The average Bonchev–Trinajstić information content (AvgIpc) is 3.14. The van der Waals surface area contributed by atoms with Crippen molar-refractivity contribution >= 4 is 17.5 Å². The van der Waals surface area contributed by atoms with Crippen LogP contribution < -0.4 is 11.1 Å². The number of rotatable bonds is 1. The normalized spacial score (nSPS) is 23.8. The van der Waals surface area contributed by atoms with Gasteiger partial charge in [0, 0.05) is 18.5 Å². The van der Waals surface area contributed by atoms with Crippen LogP contribution in [-0.2, 0) is 4.79 Å². The van der Waals surface area contributed by atoms with Crippen LogP contribution in [0.15, 0.2) is 41.0 Å². The summed E-state index contributed by atoms with van der Waals surface area (Å²) in [4.78, 5) is 26.8. The van der Waals surface area contributed by atoms with Crippen LogP contribution in [0.3, 0.4) is 0 Å². The number of carbonyl (C=O) groups excluding carboxylic acids is 2. The van der Waals surface area contributed by atoms with Gasteiger partial charge in [-0.1, -0.05) is 0 Å². The van der Waals surface area contributed by atoms with E-state index in [9.17, 15) is 9.59 Å². The Morgan fingerprint density at radius 2 is 2.14 bits per heavy atom. The number of nitrogens with zero attached hydrogens (tertiary/aromatic N) is 1. The van der Waals surface area contributed by atoms with E-state index in [1.165, 1.54) is 0 Å². The van der Waals surface area contributed by atoms with Gasteiger partial charge in [-0.3, -0.25) is 9.59 Å². The minimum absolute atomic E-state index is 0.0668. The van der Waals surface area contributed by atoms with Crippen molar-refractivity contribution in [2.75, 3.05) is 11.9 Å². The Labute approximate surface area is 126 Å². The highest BCUT2D eigenvalue weighted by Crippen LogP contribution is 2.31. The molecule has 112 valence electrons. The van der Waals surface area contributed by atoms with Crippen molar-refractivity contribution in [1.82, 2.24) is 4.90 Å². The molecule has 0 bridgehead atoms. The van der Waals surface area contributed by atoms with E-state index in [2.05, 4.69) is 11.1 Å². The molecular weight excluding hydrogens is 282 g/mol. The second-order valence-electron chi connectivity index (χ2n) is 5.72. The monoisotopic (exact) mass is 298 g/mol. The van der Waals surface area contributed by atoms with Crippen molar-refractivity contribution < 1.29 is 19.7 Å². The van der Waals surface area contributed by atoms with Crippen molar-refractivity contribution in [3.8, 4) is 11.3 Å². The third-order valence-electron chi connectivity index (χ3n) is 4.37. The van der Waals surface area contributed by atoms with Crippen LogP contribution in [0.5, 0.6) is 0 Å². The highest BCUT2D eigenvalue weighted by Gasteiger charge is 2.45. The molecule has 1 aromatic heterocycles. The van der Waals surface area contributed by atoms with Crippen molar-refractivity contribution in [2.24, 2.45) is 0 Å². The lowest BCUT2D eigenvalue weighted by Crippen LogP contribution is -2.68. The lowest BCUT2D eigenvalue weighted by molar-refractivity contribution is -0.419. The Bertz CT molecular complexity index is 754. The molecule has 1 aromatic carbocycles. The molecule has 4 rings (SSSR count). The summed E-state index contributed by atoms with van der Waals surface area (Å²) in [7, 11) is 0. The first-order valence-electron chi connectivity index (χ1n) is 7.28. The predicted molar refractivity (Wildman–Crippen MR) is 78.9 cm³/mol. The van der Waals surface area contributed by atoms with Crippen LogP contribution in [0.4, 0.5) is 5.69 Å². The fourth-order valence-corrected chi connectivity index (χ4v) is 3.23. The van der Waals surface area contributed by atoms with Crippen molar-refractivity contribution in [3.05, 3.63) is 42.2 Å². The summed E-state index contributed by atoms with van der Waals surface area (Å²) in [5, 5.41) is 2.86. The molecule has 2 amide bonds. The van der Waals surface area contributed by atoms with Gasteiger partial charge in [0.05, 0.1) is 17.5 Å². The van der Waals surface area contributed by atoms with Gasteiger partial charge < -0.3 is 20.4 Å². The zero-order chi connectivity index (χ0) is 15.3. The fourth-order valence-electron chi connectivity index (χ4n) is 3.23. The third kappa shape index (κ3) is 1.84. The summed E-state index contributed by atoms with van der Waals surface area (Å²) >= 11 is 0. The summed E-state index contributed by atoms with van der Waals surface area (Å²) in [5.74, 6) is 0.410. The topological polar surface area (TPSA) is 90.2 Å². The number of quaternary nitrogens is 1. The van der Waals surface area contributed by atoms with Gasteiger partial charge in [0.2, 0.25) is 0 Å². The first-order chi connectivity index (χ1) is 10.6. The van der Waals surface area contributed by atoms with Crippen molar-refractivity contribution in [3.63, 3.8) is 0 Å². The zero-order valence-electron chi connectivity index (χ0n) is 11.9. The Kier molecular flexibility index (Phi) is 2.80. The first kappa shape index (κ1) is 13.1. The minimum Gasteiger partial charge on any atom is -0.464 e. The summed E-state index contributed by atoms with van der Waals surface area (Å²) < 4.78 is 5.38. The maximum absolute atomic E-state index is 12.8. The molecule has 2 aliphatic rings. The van der Waals surface area contributed by atoms with Gasteiger partial charge >= 0.3 is 0 Å². The molecule has 0 aliphatic carbocycles. The Balaban J connectivity index is 1.81. The number of fused-ring (bicyclic) bond motifs is 2. The third-order valence-corrected chi connectivity index (χ3v) is 4.37. The second-order valence-corrected chi connectivity index (χ2v) is 5.72. The van der Waals surface area contributed by atoms with Gasteiger partial charge in [0.1, 0.15) is 11.8 Å². The summed E-state index contributed by atoms with van der Waals surface area (Å²) in [6, 6.07) is 8.46. The number of hydrogen-bond acceptors (Lipinski definition) is 3. The van der Waals surface area contributed by atoms with Crippen LogP contribution in [0.25, 0.3) is 11.3 Å². The molecule has 0 spiro atoms. The predicted octanol–water partition coefficient (Wildman–Crippen LogP) is 0.724. The SMILES string of the molecule is [NH3+][C@H]1CCN2C(=O)c3cc(-c4ccco4)ccc3NC(=O)[C@H]12. The largest absolute Gasteiger partial charge is 0.464 e. The lowest BCUT2D eigenvalue weighted by Gasteiger charge is -2.20. The first-order valence-corrected chi connectivity index (χ1v) is 7.28. The van der Waals surface area contributed by atoms with Crippen LogP contribution in [0.1, 0.15) is 16.8 Å². The van der Waals surface area contributed by atoms with Gasteiger partial charge in [0.15, 0.2) is 6.04 Å². The Morgan fingerprint density at radius 3 is 2.91 bits per heavy atom. The van der Waals surface area contributed by atoms with Crippen LogP contribution in [-0.4, -0.2) is 35.3 Å². The van der Waals surface area contributed by atoms with E-state index in [0.29, 0.717) is 23.6 Å². The molecule has 0 radical (unpaired) electrons. The standard InChI is InChI=1S/C16H15N3O3/c17-11-5-6-19-14(11)15(20)18-12-4-3-9(8-10(12)16(19)21)13-2-1-7-22-13/h1-4,7-8,11,14H,5-6,17H2,(H,18,20)/p+1/t11-,14-/m0/s1. The number of furan rings is 1. The Morgan fingerprint density at radius 1 is 1.27 bits per heavy atom. The molecule has 0 saturated carbocycles. The smallest absolute Gasteiger partial charge is 0.256 e. The zero-order valence-corrected chi connectivity index (χ0v) is 11.9. The highest BCUT2D eigenvalue weighted by molar-refractivity contribution is 6.10. The van der Waals surface area contributed by atoms with E-state index < -0.39 is 6.04 Å². The molecule has 0 unspecified atom stereocenters. The summed E-state index contributed by atoms with van der Waals surface area (Å²) in [5.41, 5.74) is 5.86. The number of benzene rings is 1. The molecule has 1 fully saturated rings. The molecule has 4 N–H and O–H groups in total. The summed E-state index contributed by atoms with van der Waals surface area (Å²) in [6.45, 7) is 0.565. The minimum atomic E-state index is -0.480. The van der Waals surface area contributed by atoms with Gasteiger partial charge in [0.25, 0.3) is 11.8 Å². The van der Waals surface area contributed by atoms with Crippen LogP contribution in [0, 0.1) is 0 Å². The summed E-state index contributed by atoms with van der Waals surface area (Å²) in [6.07, 6.45) is 2.34. The van der Waals surface area contributed by atoms with Gasteiger partial charge in [-0.05, 0) is 30.3 Å². The van der Waals surface area contributed by atoms with E-state index in [4.69, 9.17) is 4.42 Å². The van der Waals surface area contributed by atoms with E-state index in [1.54, 1.807) is 29.4 Å². The molecule has 1 saturated heterocycles. The van der Waals surface area contributed by atoms with Crippen molar-refractivity contribution in [2.45, 2.75) is 18.5 Å². The van der Waals surface area contributed by atoms with Gasteiger partial charge in [-0.25, -0.2) is 0 Å². The average molecular weight is 298 g/mol. The van der Waals surface area contributed by atoms with Gasteiger partial charge in [-0.2, -0.15) is 0 Å². The molecule has 2 atom stereocenters. The highest BCUT2D eigenvalue weighted by atomic mass is 16.3. The molecule has 2 aromatic rings. The fraction of sp³-hybridized carbons (Fsp3) is 0.250. The molecule has 3 heterocycles. The lowest BCUT2D eigenvalue weighted by atomic mass is 10.1. The van der Waals surface area contributed by atoms with E-state index >= 15 is 0 Å². The van der Waals surface area contributed by atoms with Gasteiger partial charge in [-0.15, -0.1) is 0 Å². The number of nitrogens with one attached hydrogen (secondary N) is 1. The van der Waals surface area contributed by atoms with E-state index in [-0.39, 0.29) is 17.9 Å². The molecule has 6 heteroatoms. The quantitative estimate of drug-likeness (QED) is 0.813. The maximum atomic E-state index is 12.8. The number of anilines is 1. The molecule has 2 aliphatic heterocycles. The Hall–Kier alpha value is -2.60. The maximum Gasteiger partial charge on any atom is 0.256 e. The number of carbonyl (C=O) groups is 2. The van der Waals surface area contributed by atoms with E-state index in [1.807, 2.05) is 12.1 Å². The molecular formula is C16H16N3O3+.